The molecule has 1 N–H and O–H groups in total. The van der Waals surface area contributed by atoms with Crippen LogP contribution < -0.4 is 14.9 Å². The third-order valence-electron chi connectivity index (χ3n) is 3.98. The van der Waals surface area contributed by atoms with Gasteiger partial charge in [0.15, 0.2) is 13.2 Å². The largest absolute Gasteiger partial charge is 0.484 e. The maximum absolute atomic E-state index is 11.9. The van der Waals surface area contributed by atoms with Gasteiger partial charge in [-0.25, -0.2) is 5.43 Å². The Balaban J connectivity index is 1.84. The summed E-state index contributed by atoms with van der Waals surface area (Å²) in [5, 5.41) is 4.72. The van der Waals surface area contributed by atoms with Crippen LogP contribution in [0.4, 0.5) is 0 Å². The van der Waals surface area contributed by atoms with Crippen molar-refractivity contribution in [3.05, 3.63) is 58.6 Å². The molecule has 2 aromatic rings. The van der Waals surface area contributed by atoms with Gasteiger partial charge in [0.1, 0.15) is 11.5 Å². The highest BCUT2D eigenvalue weighted by molar-refractivity contribution is 6.31. The fourth-order valence-electron chi connectivity index (χ4n) is 2.17. The third-order valence-corrected chi connectivity index (χ3v) is 4.40. The lowest BCUT2D eigenvalue weighted by Gasteiger charge is -2.11. The van der Waals surface area contributed by atoms with Crippen LogP contribution in [-0.4, -0.2) is 49.7 Å². The molecule has 0 bridgehead atoms. The molecule has 0 aliphatic rings. The summed E-state index contributed by atoms with van der Waals surface area (Å²) in [7, 11) is 3.34. The first-order valence-corrected chi connectivity index (χ1v) is 9.29. The molecular weight excluding hydrogens is 394 g/mol. The highest BCUT2D eigenvalue weighted by Crippen LogP contribution is 2.20. The van der Waals surface area contributed by atoms with Crippen molar-refractivity contribution in [2.75, 3.05) is 27.3 Å². The number of halogens is 1. The van der Waals surface area contributed by atoms with E-state index in [1.165, 1.54) is 4.90 Å². The van der Waals surface area contributed by atoms with Crippen LogP contribution in [0.1, 0.15) is 18.1 Å². The number of carbonyl (C=O) groups excluding carboxylic acids is 2. The van der Waals surface area contributed by atoms with Crippen molar-refractivity contribution < 1.29 is 19.1 Å². The molecular formula is C21H24ClN3O4. The number of benzene rings is 2. The van der Waals surface area contributed by atoms with Crippen molar-refractivity contribution in [1.29, 1.82) is 0 Å². The number of rotatable bonds is 8. The first-order chi connectivity index (χ1) is 13.8. The quantitative estimate of drug-likeness (QED) is 0.528. The number of hydrogen-bond donors (Lipinski definition) is 1. The van der Waals surface area contributed by atoms with Crippen LogP contribution in [0.2, 0.25) is 5.02 Å². The Morgan fingerprint density at radius 2 is 1.66 bits per heavy atom. The molecule has 2 aromatic carbocycles. The Hall–Kier alpha value is -3.06. The van der Waals surface area contributed by atoms with Gasteiger partial charge in [0.25, 0.3) is 11.8 Å². The van der Waals surface area contributed by atoms with Crippen molar-refractivity contribution in [2.24, 2.45) is 5.10 Å². The predicted molar refractivity (Wildman–Crippen MR) is 113 cm³/mol. The second-order valence-corrected chi connectivity index (χ2v) is 6.94. The number of amides is 2. The number of nitrogens with zero attached hydrogens (tertiary/aromatic N) is 2. The zero-order chi connectivity index (χ0) is 21.4. The van der Waals surface area contributed by atoms with E-state index in [1.807, 2.05) is 6.92 Å². The molecule has 0 unspecified atom stereocenters. The van der Waals surface area contributed by atoms with Gasteiger partial charge in [-0.2, -0.15) is 5.10 Å². The Bertz CT molecular complexity index is 895. The molecule has 0 atom stereocenters. The molecule has 154 valence electrons. The van der Waals surface area contributed by atoms with E-state index in [-0.39, 0.29) is 25.0 Å². The van der Waals surface area contributed by atoms with Gasteiger partial charge in [-0.3, -0.25) is 9.59 Å². The number of carbonyl (C=O) groups is 2. The van der Waals surface area contributed by atoms with Crippen molar-refractivity contribution in [3.63, 3.8) is 0 Å². The standard InChI is InChI=1S/C21H24ClN3O4/c1-14-11-18(9-10-19(14)22)28-12-20(26)24-23-15(2)16-5-7-17(8-6-16)29-13-21(27)25(3)4/h5-11H,12-13H2,1-4H3,(H,24,26)/b23-15-. The molecule has 8 heteroatoms. The summed E-state index contributed by atoms with van der Waals surface area (Å²) in [6.07, 6.45) is 0. The van der Waals surface area contributed by atoms with Crippen molar-refractivity contribution in [3.8, 4) is 11.5 Å². The highest BCUT2D eigenvalue weighted by Gasteiger charge is 2.07. The Morgan fingerprint density at radius 3 is 2.28 bits per heavy atom. The lowest BCUT2D eigenvalue weighted by atomic mass is 10.1. The second-order valence-electron chi connectivity index (χ2n) is 6.53. The number of hydrogen-bond acceptors (Lipinski definition) is 5. The predicted octanol–water partition coefficient (Wildman–Crippen LogP) is 3.03. The summed E-state index contributed by atoms with van der Waals surface area (Å²) in [6, 6.07) is 12.3. The fraction of sp³-hybridized carbons (Fsp3) is 0.286. The van der Waals surface area contributed by atoms with Gasteiger partial charge < -0.3 is 14.4 Å². The number of likely N-dealkylation sites (N-methyl/N-ethyl adjacent to an activating group) is 1. The minimum atomic E-state index is -0.376. The van der Waals surface area contributed by atoms with Crippen LogP contribution in [0.15, 0.2) is 47.6 Å². The van der Waals surface area contributed by atoms with E-state index in [1.54, 1.807) is 63.5 Å². The van der Waals surface area contributed by atoms with E-state index in [9.17, 15) is 9.59 Å². The summed E-state index contributed by atoms with van der Waals surface area (Å²) in [4.78, 5) is 24.9. The van der Waals surface area contributed by atoms with E-state index in [0.717, 1.165) is 11.1 Å². The summed E-state index contributed by atoms with van der Waals surface area (Å²) in [5.41, 5.74) is 4.77. The molecule has 0 fully saturated rings. The Kier molecular flexibility index (Phi) is 8.03. The van der Waals surface area contributed by atoms with Crippen molar-refractivity contribution in [2.45, 2.75) is 13.8 Å². The molecule has 0 radical (unpaired) electrons. The van der Waals surface area contributed by atoms with Gasteiger partial charge in [-0.1, -0.05) is 11.6 Å². The van der Waals surface area contributed by atoms with Crippen molar-refractivity contribution in [1.82, 2.24) is 10.3 Å². The van der Waals surface area contributed by atoms with E-state index in [0.29, 0.717) is 22.2 Å². The zero-order valence-corrected chi connectivity index (χ0v) is 17.6. The average molecular weight is 418 g/mol. The van der Waals surface area contributed by atoms with Crippen LogP contribution in [-0.2, 0) is 9.59 Å². The molecule has 0 spiro atoms. The maximum Gasteiger partial charge on any atom is 0.277 e. The highest BCUT2D eigenvalue weighted by atomic mass is 35.5. The van der Waals surface area contributed by atoms with Gasteiger partial charge in [0.05, 0.1) is 5.71 Å². The molecule has 29 heavy (non-hydrogen) atoms. The fourth-order valence-corrected chi connectivity index (χ4v) is 2.28. The molecule has 0 aliphatic heterocycles. The average Bonchev–Trinajstić information content (AvgIpc) is 2.71. The van der Waals surface area contributed by atoms with Crippen molar-refractivity contribution >= 4 is 29.1 Å². The summed E-state index contributed by atoms with van der Waals surface area (Å²) in [6.45, 7) is 3.45. The summed E-state index contributed by atoms with van der Waals surface area (Å²) >= 11 is 5.96. The Labute approximate surface area is 175 Å². The minimum Gasteiger partial charge on any atom is -0.484 e. The van der Waals surface area contributed by atoms with E-state index < -0.39 is 0 Å². The van der Waals surface area contributed by atoms with E-state index >= 15 is 0 Å². The second kappa shape index (κ2) is 10.5. The van der Waals surface area contributed by atoms with Crippen LogP contribution in [0.3, 0.4) is 0 Å². The molecule has 0 saturated heterocycles. The molecule has 0 heterocycles. The van der Waals surface area contributed by atoms with Gasteiger partial charge in [-0.05, 0) is 67.4 Å². The number of aryl methyl sites for hydroxylation is 1. The third kappa shape index (κ3) is 7.12. The molecule has 0 aromatic heterocycles. The van der Waals surface area contributed by atoms with Crippen LogP contribution in [0.25, 0.3) is 0 Å². The summed E-state index contributed by atoms with van der Waals surface area (Å²) in [5.74, 6) is 0.642. The number of hydrazone groups is 1. The van der Waals surface area contributed by atoms with Crippen LogP contribution >= 0.6 is 11.6 Å². The first-order valence-electron chi connectivity index (χ1n) is 8.91. The number of ether oxygens (including phenoxy) is 2. The maximum atomic E-state index is 11.9. The zero-order valence-electron chi connectivity index (χ0n) is 16.9. The molecule has 0 aliphatic carbocycles. The molecule has 2 rings (SSSR count). The summed E-state index contributed by atoms with van der Waals surface area (Å²) < 4.78 is 10.9. The van der Waals surface area contributed by atoms with Gasteiger partial charge >= 0.3 is 0 Å². The van der Waals surface area contributed by atoms with Crippen LogP contribution in [0, 0.1) is 6.92 Å². The smallest absolute Gasteiger partial charge is 0.277 e. The lowest BCUT2D eigenvalue weighted by Crippen LogP contribution is -2.27. The number of nitrogens with one attached hydrogen (secondary N) is 1. The molecule has 2 amide bonds. The van der Waals surface area contributed by atoms with Crippen LogP contribution in [0.5, 0.6) is 11.5 Å². The van der Waals surface area contributed by atoms with Gasteiger partial charge in [-0.15, -0.1) is 0 Å². The van der Waals surface area contributed by atoms with E-state index in [4.69, 9.17) is 21.1 Å². The topological polar surface area (TPSA) is 80.2 Å². The Morgan fingerprint density at radius 1 is 1.03 bits per heavy atom. The molecule has 0 saturated carbocycles. The van der Waals surface area contributed by atoms with Gasteiger partial charge in [0, 0.05) is 19.1 Å². The minimum absolute atomic E-state index is 0.0252. The molecule has 7 nitrogen and oxygen atoms in total. The lowest BCUT2D eigenvalue weighted by molar-refractivity contribution is -0.130. The van der Waals surface area contributed by atoms with Gasteiger partial charge in [0.2, 0.25) is 0 Å². The van der Waals surface area contributed by atoms with E-state index in [2.05, 4.69) is 10.5 Å². The SMILES string of the molecule is C/C(=N/NC(=O)COc1ccc(Cl)c(C)c1)c1ccc(OCC(=O)N(C)C)cc1. The monoisotopic (exact) mass is 417 g/mol. The first kappa shape index (κ1) is 22.2. The normalized spacial score (nSPS) is 11.0.